The number of thioether (sulfide) groups is 1. The standard InChI is InChI=1S/C20H21N3O6S2/c1-3-28-15(25)9-14-23(13(24)10-30-14)7-8-29-20(27)17-11(2)16-18(31-17)21-12-5-4-6-22(12)19(16)26/h9H,3-8,10H2,1-2H3. The maximum absolute atomic E-state index is 12.8. The fourth-order valence-corrected chi connectivity index (χ4v) is 5.66. The molecular formula is C20H21N3O6S2. The normalized spacial score (nSPS) is 16.9. The second kappa shape index (κ2) is 8.83. The third kappa shape index (κ3) is 4.11. The molecule has 2 aliphatic rings. The summed E-state index contributed by atoms with van der Waals surface area (Å²) in [6.45, 7) is 4.41. The number of hydrogen-bond acceptors (Lipinski definition) is 9. The van der Waals surface area contributed by atoms with E-state index in [4.69, 9.17) is 9.47 Å². The molecule has 2 aromatic rings. The Balaban J connectivity index is 1.46. The summed E-state index contributed by atoms with van der Waals surface area (Å²) in [5, 5.41) is 0.942. The lowest BCUT2D eigenvalue weighted by atomic mass is 10.2. The highest BCUT2D eigenvalue weighted by Gasteiger charge is 2.28. The zero-order valence-electron chi connectivity index (χ0n) is 17.1. The fourth-order valence-electron chi connectivity index (χ4n) is 3.62. The summed E-state index contributed by atoms with van der Waals surface area (Å²) in [5.74, 6) is -0.269. The Hall–Kier alpha value is -2.66. The van der Waals surface area contributed by atoms with Crippen LogP contribution in [0.4, 0.5) is 0 Å². The zero-order valence-corrected chi connectivity index (χ0v) is 18.8. The molecule has 2 aliphatic heterocycles. The van der Waals surface area contributed by atoms with Gasteiger partial charge in [0.2, 0.25) is 5.91 Å². The molecule has 164 valence electrons. The maximum Gasteiger partial charge on any atom is 0.348 e. The van der Waals surface area contributed by atoms with Gasteiger partial charge in [0.1, 0.15) is 22.1 Å². The summed E-state index contributed by atoms with van der Waals surface area (Å²) in [7, 11) is 0. The molecule has 0 N–H and O–H groups in total. The molecule has 2 aromatic heterocycles. The molecule has 1 saturated heterocycles. The van der Waals surface area contributed by atoms with Gasteiger partial charge in [-0.05, 0) is 25.8 Å². The molecule has 31 heavy (non-hydrogen) atoms. The van der Waals surface area contributed by atoms with Crippen LogP contribution in [-0.2, 0) is 32.0 Å². The average molecular weight is 464 g/mol. The molecule has 4 rings (SSSR count). The Morgan fingerprint density at radius 1 is 1.26 bits per heavy atom. The first-order valence-electron chi connectivity index (χ1n) is 9.92. The number of carbonyl (C=O) groups excluding carboxylic acids is 3. The van der Waals surface area contributed by atoms with Gasteiger partial charge in [-0.25, -0.2) is 14.6 Å². The number of esters is 2. The smallest absolute Gasteiger partial charge is 0.348 e. The number of nitrogens with zero attached hydrogens (tertiary/aromatic N) is 3. The zero-order chi connectivity index (χ0) is 22.1. The van der Waals surface area contributed by atoms with E-state index in [1.165, 1.54) is 22.7 Å². The van der Waals surface area contributed by atoms with E-state index in [2.05, 4.69) is 4.98 Å². The number of thiophene rings is 1. The third-order valence-electron chi connectivity index (χ3n) is 5.08. The van der Waals surface area contributed by atoms with Crippen LogP contribution in [0.1, 0.15) is 34.4 Å². The van der Waals surface area contributed by atoms with E-state index in [0.29, 0.717) is 32.2 Å². The number of aromatic nitrogens is 2. The van der Waals surface area contributed by atoms with Crippen LogP contribution in [0.3, 0.4) is 0 Å². The van der Waals surface area contributed by atoms with Crippen LogP contribution in [0.5, 0.6) is 0 Å². The largest absolute Gasteiger partial charge is 0.463 e. The summed E-state index contributed by atoms with van der Waals surface area (Å²) in [5.41, 5.74) is 0.458. The van der Waals surface area contributed by atoms with Gasteiger partial charge >= 0.3 is 11.9 Å². The molecule has 1 fully saturated rings. The molecule has 0 unspecified atom stereocenters. The number of fused-ring (bicyclic) bond motifs is 2. The fraction of sp³-hybridized carbons (Fsp3) is 0.450. The van der Waals surface area contributed by atoms with Crippen LogP contribution in [0.2, 0.25) is 0 Å². The second-order valence-electron chi connectivity index (χ2n) is 7.03. The van der Waals surface area contributed by atoms with Crippen molar-refractivity contribution in [2.24, 2.45) is 0 Å². The minimum atomic E-state index is -0.555. The van der Waals surface area contributed by atoms with Crippen LogP contribution in [-0.4, -0.2) is 57.8 Å². The van der Waals surface area contributed by atoms with Crippen molar-refractivity contribution in [3.05, 3.63) is 37.7 Å². The second-order valence-corrected chi connectivity index (χ2v) is 9.02. The van der Waals surface area contributed by atoms with Crippen LogP contribution in [0.15, 0.2) is 15.9 Å². The summed E-state index contributed by atoms with van der Waals surface area (Å²) < 4.78 is 11.9. The highest BCUT2D eigenvalue weighted by atomic mass is 32.2. The van der Waals surface area contributed by atoms with Gasteiger partial charge in [0, 0.05) is 13.0 Å². The molecule has 0 spiro atoms. The SMILES string of the molecule is CCOC(=O)C=C1SCC(=O)N1CCOC(=O)c1sc2nc3n(c(=O)c2c1C)CCC3. The molecule has 0 saturated carbocycles. The van der Waals surface area contributed by atoms with Crippen molar-refractivity contribution < 1.29 is 23.9 Å². The van der Waals surface area contributed by atoms with Crippen molar-refractivity contribution in [2.45, 2.75) is 33.2 Å². The van der Waals surface area contributed by atoms with Crippen molar-refractivity contribution in [3.8, 4) is 0 Å². The number of ether oxygens (including phenoxy) is 2. The Kier molecular flexibility index (Phi) is 6.15. The van der Waals surface area contributed by atoms with Crippen LogP contribution >= 0.6 is 23.1 Å². The van der Waals surface area contributed by atoms with Crippen LogP contribution < -0.4 is 5.56 Å². The van der Waals surface area contributed by atoms with E-state index in [1.807, 2.05) is 0 Å². The Morgan fingerprint density at radius 3 is 2.84 bits per heavy atom. The highest BCUT2D eigenvalue weighted by molar-refractivity contribution is 8.04. The maximum atomic E-state index is 12.8. The molecule has 0 radical (unpaired) electrons. The monoisotopic (exact) mass is 463 g/mol. The Morgan fingerprint density at radius 2 is 2.06 bits per heavy atom. The van der Waals surface area contributed by atoms with Crippen molar-refractivity contribution in [1.82, 2.24) is 14.5 Å². The van der Waals surface area contributed by atoms with Gasteiger partial charge in [-0.1, -0.05) is 11.8 Å². The average Bonchev–Trinajstić information content (AvgIpc) is 3.42. The quantitative estimate of drug-likeness (QED) is 0.472. The van der Waals surface area contributed by atoms with E-state index < -0.39 is 11.9 Å². The number of carbonyl (C=O) groups is 3. The lowest BCUT2D eigenvalue weighted by molar-refractivity contribution is -0.137. The van der Waals surface area contributed by atoms with Gasteiger partial charge in [-0.3, -0.25) is 14.2 Å². The first kappa shape index (κ1) is 21.6. The van der Waals surface area contributed by atoms with Crippen molar-refractivity contribution >= 4 is 51.2 Å². The first-order chi connectivity index (χ1) is 14.9. The number of aryl methyl sites for hydroxylation is 2. The minimum absolute atomic E-state index is 0.0398. The molecule has 0 bridgehead atoms. The van der Waals surface area contributed by atoms with E-state index in [-0.39, 0.29) is 37.0 Å². The molecule has 4 heterocycles. The third-order valence-corrected chi connectivity index (χ3v) is 7.27. The van der Waals surface area contributed by atoms with Crippen molar-refractivity contribution in [1.29, 1.82) is 0 Å². The minimum Gasteiger partial charge on any atom is -0.463 e. The number of amides is 1. The lowest BCUT2D eigenvalue weighted by Gasteiger charge is -2.16. The predicted octanol–water partition coefficient (Wildman–Crippen LogP) is 1.85. The summed E-state index contributed by atoms with van der Waals surface area (Å²) in [6.07, 6.45) is 2.92. The van der Waals surface area contributed by atoms with E-state index in [9.17, 15) is 19.2 Å². The van der Waals surface area contributed by atoms with Gasteiger partial charge in [-0.2, -0.15) is 0 Å². The van der Waals surface area contributed by atoms with Gasteiger partial charge in [0.25, 0.3) is 5.56 Å². The summed E-state index contributed by atoms with van der Waals surface area (Å²) >= 11 is 2.39. The number of rotatable bonds is 6. The van der Waals surface area contributed by atoms with Crippen molar-refractivity contribution in [2.75, 3.05) is 25.5 Å². The van der Waals surface area contributed by atoms with Crippen LogP contribution in [0, 0.1) is 6.92 Å². The Bertz CT molecular complexity index is 1170. The first-order valence-corrected chi connectivity index (χ1v) is 11.7. The van der Waals surface area contributed by atoms with Gasteiger partial charge < -0.3 is 14.4 Å². The molecule has 0 aliphatic carbocycles. The molecule has 11 heteroatoms. The van der Waals surface area contributed by atoms with Crippen LogP contribution in [0.25, 0.3) is 10.2 Å². The summed E-state index contributed by atoms with van der Waals surface area (Å²) in [4.78, 5) is 56.0. The Labute approximate surface area is 186 Å². The van der Waals surface area contributed by atoms with E-state index in [1.54, 1.807) is 18.4 Å². The molecule has 9 nitrogen and oxygen atoms in total. The molecule has 1 amide bonds. The predicted molar refractivity (Wildman–Crippen MR) is 116 cm³/mol. The molecular weight excluding hydrogens is 442 g/mol. The van der Waals surface area contributed by atoms with E-state index in [0.717, 1.165) is 30.0 Å². The summed E-state index contributed by atoms with van der Waals surface area (Å²) in [6, 6.07) is 0. The topological polar surface area (TPSA) is 108 Å². The molecule has 0 atom stereocenters. The highest BCUT2D eigenvalue weighted by Crippen LogP contribution is 2.30. The molecule has 0 aromatic carbocycles. The van der Waals surface area contributed by atoms with E-state index >= 15 is 0 Å². The van der Waals surface area contributed by atoms with Gasteiger partial charge in [0.05, 0.1) is 35.4 Å². The lowest BCUT2D eigenvalue weighted by Crippen LogP contribution is -2.29. The van der Waals surface area contributed by atoms with Gasteiger partial charge in [0.15, 0.2) is 0 Å². The van der Waals surface area contributed by atoms with Crippen molar-refractivity contribution in [3.63, 3.8) is 0 Å². The number of hydrogen-bond donors (Lipinski definition) is 0. The van der Waals surface area contributed by atoms with Gasteiger partial charge in [-0.15, -0.1) is 11.3 Å².